The Morgan fingerprint density at radius 1 is 0.761 bits per heavy atom. The van der Waals surface area contributed by atoms with E-state index in [1.54, 1.807) is 16.7 Å². The van der Waals surface area contributed by atoms with Crippen molar-refractivity contribution >= 4 is 67.8 Å². The van der Waals surface area contributed by atoms with E-state index in [2.05, 4.69) is 117 Å². The summed E-state index contributed by atoms with van der Waals surface area (Å²) in [4.78, 5) is 22.1. The SMILES string of the molecule is Nc1nc(Cl)c2c(n1)n(Cc1ccc(Br)cc1F)c(=O)n2CCCCCC[P+](c1ccccc1)(c1ccccc1)c1ccccc1. The smallest absolute Gasteiger partial charge is 0.330 e. The summed E-state index contributed by atoms with van der Waals surface area (Å²) in [7, 11) is -1.89. The Kier molecular flexibility index (Phi) is 9.98. The maximum atomic E-state index is 14.7. The number of nitrogen functional groups attached to an aromatic ring is 1. The summed E-state index contributed by atoms with van der Waals surface area (Å²) in [5, 5.41) is 4.24. The number of anilines is 1. The molecule has 0 saturated heterocycles. The van der Waals surface area contributed by atoms with Crippen molar-refractivity contribution in [3.63, 3.8) is 0 Å². The van der Waals surface area contributed by atoms with Crippen LogP contribution in [0.15, 0.2) is 118 Å². The van der Waals surface area contributed by atoms with Crippen molar-refractivity contribution in [1.29, 1.82) is 0 Å². The Morgan fingerprint density at radius 2 is 1.33 bits per heavy atom. The van der Waals surface area contributed by atoms with Crippen LogP contribution >= 0.6 is 34.8 Å². The first-order valence-electron chi connectivity index (χ1n) is 15.3. The summed E-state index contributed by atoms with van der Waals surface area (Å²) < 4.78 is 18.4. The number of aromatic nitrogens is 4. The van der Waals surface area contributed by atoms with E-state index in [1.807, 2.05) is 0 Å². The number of unbranched alkanes of at least 4 members (excludes halogenated alkanes) is 3. The van der Waals surface area contributed by atoms with Crippen LogP contribution in [0.4, 0.5) is 10.3 Å². The Balaban J connectivity index is 1.21. The summed E-state index contributed by atoms with van der Waals surface area (Å²) in [6.45, 7) is 0.437. The lowest BCUT2D eigenvalue weighted by atomic mass is 10.2. The van der Waals surface area contributed by atoms with Crippen LogP contribution in [0.5, 0.6) is 0 Å². The second kappa shape index (κ2) is 14.3. The molecule has 6 nitrogen and oxygen atoms in total. The molecule has 2 N–H and O–H groups in total. The molecular formula is C36H34BrClFN5OP+. The fourth-order valence-electron chi connectivity index (χ4n) is 6.21. The van der Waals surface area contributed by atoms with E-state index in [9.17, 15) is 9.18 Å². The van der Waals surface area contributed by atoms with Crippen LogP contribution < -0.4 is 27.3 Å². The van der Waals surface area contributed by atoms with Crippen LogP contribution in [0.2, 0.25) is 5.15 Å². The van der Waals surface area contributed by atoms with Crippen molar-refractivity contribution in [2.45, 2.75) is 38.8 Å². The molecule has 0 amide bonds. The number of aryl methyl sites for hydroxylation is 1. The van der Waals surface area contributed by atoms with Gasteiger partial charge in [0.05, 0.1) is 12.7 Å². The summed E-state index contributed by atoms with van der Waals surface area (Å²) in [6.07, 6.45) is 4.77. The Bertz CT molecular complexity index is 1910. The summed E-state index contributed by atoms with van der Waals surface area (Å²) in [5.41, 5.74) is 6.66. The molecule has 0 bridgehead atoms. The fraction of sp³-hybridized carbons (Fsp3) is 0.194. The third-order valence-electron chi connectivity index (χ3n) is 8.39. The molecule has 0 atom stereocenters. The number of fused-ring (bicyclic) bond motifs is 1. The van der Waals surface area contributed by atoms with Gasteiger partial charge in [0.15, 0.2) is 10.8 Å². The van der Waals surface area contributed by atoms with E-state index in [1.165, 1.54) is 26.5 Å². The molecule has 0 spiro atoms. The van der Waals surface area contributed by atoms with Crippen molar-refractivity contribution in [2.24, 2.45) is 0 Å². The zero-order valence-corrected chi connectivity index (χ0v) is 28.4. The van der Waals surface area contributed by atoms with Gasteiger partial charge in [-0.15, -0.1) is 0 Å². The Hall–Kier alpha value is -3.84. The van der Waals surface area contributed by atoms with Gasteiger partial charge in [-0.3, -0.25) is 9.13 Å². The highest BCUT2D eigenvalue weighted by Crippen LogP contribution is 2.56. The maximum absolute atomic E-state index is 14.7. The standard InChI is InChI=1S/C36H34BrClFN5OP/c37-27-21-20-26(31(39)24-27)25-44-34-32(33(38)41-35(40)42-34)43(36(44)45)22-12-1-2-13-23-46(28-14-6-3-7-15-28,29-16-8-4-9-17-29)30-18-10-5-11-19-30/h3-11,14-21,24H,1-2,12-13,22-23,25H2,(H2,40,41,42)/q+1. The van der Waals surface area contributed by atoms with E-state index >= 15 is 0 Å². The lowest BCUT2D eigenvalue weighted by molar-refractivity contribution is 0.563. The van der Waals surface area contributed by atoms with Gasteiger partial charge in [-0.2, -0.15) is 9.97 Å². The van der Waals surface area contributed by atoms with Crippen molar-refractivity contribution in [2.75, 3.05) is 11.9 Å². The average molecular weight is 718 g/mol. The minimum Gasteiger partial charge on any atom is -0.368 e. The van der Waals surface area contributed by atoms with Gasteiger partial charge < -0.3 is 5.73 Å². The van der Waals surface area contributed by atoms with Gasteiger partial charge in [-0.25, -0.2) is 9.18 Å². The predicted octanol–water partition coefficient (Wildman–Crippen LogP) is 7.33. The number of hydrogen-bond donors (Lipinski definition) is 1. The number of rotatable bonds is 12. The molecule has 2 aromatic heterocycles. The first-order valence-corrected chi connectivity index (χ1v) is 18.4. The van der Waals surface area contributed by atoms with E-state index in [0.717, 1.165) is 31.8 Å². The van der Waals surface area contributed by atoms with Crippen LogP contribution in [-0.2, 0) is 13.1 Å². The third kappa shape index (κ3) is 6.52. The summed E-state index contributed by atoms with van der Waals surface area (Å²) in [5.74, 6) is -0.461. The number of benzene rings is 4. The topological polar surface area (TPSA) is 78.7 Å². The molecule has 6 rings (SSSR count). The van der Waals surface area contributed by atoms with Crippen molar-refractivity contribution in [1.82, 2.24) is 19.1 Å². The Labute approximate surface area is 281 Å². The highest BCUT2D eigenvalue weighted by atomic mass is 79.9. The minimum atomic E-state index is -1.89. The van der Waals surface area contributed by atoms with Gasteiger partial charge in [-0.1, -0.05) is 94.6 Å². The maximum Gasteiger partial charge on any atom is 0.330 e. The first kappa shape index (κ1) is 32.1. The minimum absolute atomic E-state index is 0.00152. The molecule has 0 radical (unpaired) electrons. The molecule has 10 heteroatoms. The van der Waals surface area contributed by atoms with Gasteiger partial charge >= 0.3 is 5.69 Å². The average Bonchev–Trinajstić information content (AvgIpc) is 3.33. The molecule has 6 aromatic rings. The number of nitrogens with zero attached hydrogens (tertiary/aromatic N) is 4. The van der Waals surface area contributed by atoms with Crippen LogP contribution in [0, 0.1) is 5.82 Å². The second-order valence-corrected chi connectivity index (χ2v) is 16.1. The molecule has 4 aromatic carbocycles. The molecule has 0 aliphatic heterocycles. The zero-order valence-electron chi connectivity index (χ0n) is 25.2. The number of nitrogens with two attached hydrogens (primary N) is 1. The molecule has 234 valence electrons. The predicted molar refractivity (Wildman–Crippen MR) is 193 cm³/mol. The van der Waals surface area contributed by atoms with Crippen LogP contribution in [-0.4, -0.2) is 25.3 Å². The van der Waals surface area contributed by atoms with Crippen LogP contribution in [0.25, 0.3) is 11.2 Å². The van der Waals surface area contributed by atoms with Gasteiger partial charge in [-0.05, 0) is 67.8 Å². The summed E-state index contributed by atoms with van der Waals surface area (Å²) >= 11 is 9.80. The quantitative estimate of drug-likeness (QED) is 0.0817. The normalized spacial score (nSPS) is 11.7. The van der Waals surface area contributed by atoms with Crippen molar-refractivity contribution < 1.29 is 4.39 Å². The number of imidazole rings is 1. The monoisotopic (exact) mass is 716 g/mol. The van der Waals surface area contributed by atoms with E-state index in [0.29, 0.717) is 27.7 Å². The van der Waals surface area contributed by atoms with E-state index in [-0.39, 0.29) is 23.3 Å². The second-order valence-electron chi connectivity index (χ2n) is 11.3. The molecule has 0 fully saturated rings. The van der Waals surface area contributed by atoms with E-state index in [4.69, 9.17) is 17.3 Å². The molecule has 2 heterocycles. The zero-order chi connectivity index (χ0) is 32.1. The first-order chi connectivity index (χ1) is 22.4. The largest absolute Gasteiger partial charge is 0.368 e. The van der Waals surface area contributed by atoms with Gasteiger partial charge in [0.2, 0.25) is 5.95 Å². The Morgan fingerprint density at radius 3 is 1.89 bits per heavy atom. The molecular weight excluding hydrogens is 684 g/mol. The van der Waals surface area contributed by atoms with Crippen LogP contribution in [0.1, 0.15) is 31.2 Å². The molecule has 0 aliphatic carbocycles. The molecule has 0 saturated carbocycles. The highest BCUT2D eigenvalue weighted by Gasteiger charge is 2.44. The lowest BCUT2D eigenvalue weighted by Crippen LogP contribution is -2.33. The van der Waals surface area contributed by atoms with Crippen molar-refractivity contribution in [3.8, 4) is 0 Å². The molecule has 46 heavy (non-hydrogen) atoms. The van der Waals surface area contributed by atoms with Crippen molar-refractivity contribution in [3.05, 3.63) is 141 Å². The van der Waals surface area contributed by atoms with E-state index < -0.39 is 13.1 Å². The van der Waals surface area contributed by atoms with Gasteiger partial charge in [0.1, 0.15) is 34.5 Å². The third-order valence-corrected chi connectivity index (χ3v) is 13.7. The van der Waals surface area contributed by atoms with Crippen LogP contribution in [0.3, 0.4) is 0 Å². The molecule has 0 unspecified atom stereocenters. The lowest BCUT2D eigenvalue weighted by Gasteiger charge is -2.27. The number of hydrogen-bond acceptors (Lipinski definition) is 4. The fourth-order valence-corrected chi connectivity index (χ4v) is 11.2. The van der Waals surface area contributed by atoms with Gasteiger partial charge in [0, 0.05) is 16.6 Å². The summed E-state index contributed by atoms with van der Waals surface area (Å²) in [6, 6.07) is 37.4. The number of halogens is 3. The highest BCUT2D eigenvalue weighted by molar-refractivity contribution is 9.10. The molecule has 0 aliphatic rings. The van der Waals surface area contributed by atoms with Gasteiger partial charge in [0.25, 0.3) is 0 Å².